The lowest BCUT2D eigenvalue weighted by Gasteiger charge is -2.22. The molecule has 0 saturated carbocycles. The Morgan fingerprint density at radius 1 is 1.59 bits per heavy atom. The minimum absolute atomic E-state index is 0.0285. The lowest BCUT2D eigenvalue weighted by Crippen LogP contribution is -2.34. The molecule has 1 aliphatic rings. The summed E-state index contributed by atoms with van der Waals surface area (Å²) in [6.07, 6.45) is 6.50. The van der Waals surface area contributed by atoms with Crippen molar-refractivity contribution >= 4 is 5.91 Å². The van der Waals surface area contributed by atoms with Crippen molar-refractivity contribution in [2.45, 2.75) is 64.0 Å². The van der Waals surface area contributed by atoms with Gasteiger partial charge in [-0.2, -0.15) is 5.26 Å². The Hall–Kier alpha value is -1.08. The van der Waals surface area contributed by atoms with E-state index in [0.29, 0.717) is 6.42 Å². The fraction of sp³-hybridized carbons (Fsp3) is 0.846. The van der Waals surface area contributed by atoms with Crippen LogP contribution in [0.1, 0.15) is 51.9 Å². The van der Waals surface area contributed by atoms with E-state index in [2.05, 4.69) is 11.4 Å². The highest BCUT2D eigenvalue weighted by Crippen LogP contribution is 2.16. The minimum atomic E-state index is -0.334. The van der Waals surface area contributed by atoms with Crippen LogP contribution in [0.15, 0.2) is 0 Å². The number of nitrogens with one attached hydrogen (secondary N) is 1. The molecule has 1 heterocycles. The number of amides is 1. The molecule has 1 amide bonds. The molecule has 0 radical (unpaired) electrons. The molecule has 0 aliphatic carbocycles. The van der Waals surface area contributed by atoms with Crippen LogP contribution < -0.4 is 5.32 Å². The largest absolute Gasteiger partial charge is 0.378 e. The van der Waals surface area contributed by atoms with Crippen LogP contribution in [-0.2, 0) is 9.53 Å². The summed E-state index contributed by atoms with van der Waals surface area (Å²) in [6, 6.07) is 1.78. The minimum Gasteiger partial charge on any atom is -0.378 e. The van der Waals surface area contributed by atoms with Gasteiger partial charge in [-0.3, -0.25) is 4.79 Å². The molecule has 4 heteroatoms. The lowest BCUT2D eigenvalue weighted by molar-refractivity contribution is -0.122. The molecule has 17 heavy (non-hydrogen) atoms. The number of carbonyl (C=O) groups excluding carboxylic acids is 1. The Morgan fingerprint density at radius 2 is 2.41 bits per heavy atom. The van der Waals surface area contributed by atoms with Crippen LogP contribution in [-0.4, -0.2) is 24.7 Å². The van der Waals surface area contributed by atoms with Crippen LogP contribution >= 0.6 is 0 Å². The third kappa shape index (κ3) is 5.69. The van der Waals surface area contributed by atoms with Crippen LogP contribution in [0.2, 0.25) is 0 Å². The molecule has 1 rings (SSSR count). The summed E-state index contributed by atoms with van der Waals surface area (Å²) in [7, 11) is 0. The van der Waals surface area contributed by atoms with E-state index < -0.39 is 0 Å². The zero-order chi connectivity index (χ0) is 12.5. The van der Waals surface area contributed by atoms with Gasteiger partial charge in [0.05, 0.1) is 12.2 Å². The van der Waals surface area contributed by atoms with Gasteiger partial charge in [0.25, 0.3) is 0 Å². The van der Waals surface area contributed by atoms with Crippen molar-refractivity contribution in [2.24, 2.45) is 0 Å². The van der Waals surface area contributed by atoms with Gasteiger partial charge in [0.15, 0.2) is 0 Å². The summed E-state index contributed by atoms with van der Waals surface area (Å²) in [5, 5.41) is 11.6. The molecule has 96 valence electrons. The summed E-state index contributed by atoms with van der Waals surface area (Å²) in [6.45, 7) is 2.83. The maximum absolute atomic E-state index is 11.6. The van der Waals surface area contributed by atoms with E-state index in [1.54, 1.807) is 0 Å². The van der Waals surface area contributed by atoms with E-state index in [0.717, 1.165) is 38.7 Å². The van der Waals surface area contributed by atoms with E-state index in [9.17, 15) is 4.79 Å². The topological polar surface area (TPSA) is 62.1 Å². The summed E-state index contributed by atoms with van der Waals surface area (Å²) in [5.41, 5.74) is 0. The van der Waals surface area contributed by atoms with E-state index in [-0.39, 0.29) is 18.1 Å². The Kier molecular flexibility index (Phi) is 6.64. The molecule has 0 aromatic carbocycles. The molecular formula is C13H22N2O2. The number of hydrogen-bond donors (Lipinski definition) is 1. The molecule has 1 aliphatic heterocycles. The summed E-state index contributed by atoms with van der Waals surface area (Å²) >= 11 is 0. The molecule has 1 fully saturated rings. The standard InChI is InChI=1S/C13H22N2O2/c1-2-5-11(10-14)15-13(16)8-7-12-6-3-4-9-17-12/h11-12H,2-9H2,1H3,(H,15,16). The Labute approximate surface area is 103 Å². The van der Waals surface area contributed by atoms with Gasteiger partial charge in [-0.05, 0) is 32.1 Å². The van der Waals surface area contributed by atoms with Gasteiger partial charge >= 0.3 is 0 Å². The maximum Gasteiger partial charge on any atom is 0.221 e. The van der Waals surface area contributed by atoms with Gasteiger partial charge < -0.3 is 10.1 Å². The monoisotopic (exact) mass is 238 g/mol. The number of ether oxygens (including phenoxy) is 1. The van der Waals surface area contributed by atoms with Crippen molar-refractivity contribution in [1.29, 1.82) is 5.26 Å². The molecule has 1 N–H and O–H groups in total. The van der Waals surface area contributed by atoms with Crippen LogP contribution in [0.4, 0.5) is 0 Å². The summed E-state index contributed by atoms with van der Waals surface area (Å²) < 4.78 is 5.56. The van der Waals surface area contributed by atoms with Crippen molar-refractivity contribution in [3.8, 4) is 6.07 Å². The number of carbonyl (C=O) groups is 1. The van der Waals surface area contributed by atoms with Crippen LogP contribution in [0.3, 0.4) is 0 Å². The van der Waals surface area contributed by atoms with E-state index in [4.69, 9.17) is 10.00 Å². The second-order valence-electron chi connectivity index (χ2n) is 4.57. The van der Waals surface area contributed by atoms with Crippen LogP contribution in [0.25, 0.3) is 0 Å². The highest BCUT2D eigenvalue weighted by Gasteiger charge is 2.16. The highest BCUT2D eigenvalue weighted by molar-refractivity contribution is 5.76. The molecule has 4 nitrogen and oxygen atoms in total. The van der Waals surface area contributed by atoms with Crippen molar-refractivity contribution < 1.29 is 9.53 Å². The van der Waals surface area contributed by atoms with Crippen molar-refractivity contribution in [3.63, 3.8) is 0 Å². The lowest BCUT2D eigenvalue weighted by atomic mass is 10.0. The first kappa shape index (κ1) is 14.0. The molecule has 2 unspecified atom stereocenters. The number of nitrogens with zero attached hydrogens (tertiary/aromatic N) is 1. The van der Waals surface area contributed by atoms with Gasteiger partial charge in [-0.1, -0.05) is 13.3 Å². The second-order valence-corrected chi connectivity index (χ2v) is 4.57. The quantitative estimate of drug-likeness (QED) is 0.771. The first-order valence-electron chi connectivity index (χ1n) is 6.56. The molecule has 2 atom stereocenters. The first-order chi connectivity index (χ1) is 8.26. The van der Waals surface area contributed by atoms with E-state index in [1.165, 1.54) is 6.42 Å². The van der Waals surface area contributed by atoms with Crippen molar-refractivity contribution in [2.75, 3.05) is 6.61 Å². The van der Waals surface area contributed by atoms with Crippen LogP contribution in [0, 0.1) is 11.3 Å². The number of nitriles is 1. The highest BCUT2D eigenvalue weighted by atomic mass is 16.5. The smallest absolute Gasteiger partial charge is 0.221 e. The fourth-order valence-electron chi connectivity index (χ4n) is 2.05. The average Bonchev–Trinajstić information content (AvgIpc) is 2.37. The van der Waals surface area contributed by atoms with Crippen molar-refractivity contribution in [3.05, 3.63) is 0 Å². The van der Waals surface area contributed by atoms with E-state index in [1.807, 2.05) is 6.92 Å². The molecule has 0 bridgehead atoms. The maximum atomic E-state index is 11.6. The van der Waals surface area contributed by atoms with Gasteiger partial charge in [0.1, 0.15) is 6.04 Å². The predicted molar refractivity (Wildman–Crippen MR) is 65.3 cm³/mol. The Bertz CT molecular complexity index is 267. The first-order valence-corrected chi connectivity index (χ1v) is 6.56. The van der Waals surface area contributed by atoms with Gasteiger partial charge in [0.2, 0.25) is 5.91 Å². The molecule has 0 aromatic rings. The normalized spacial score (nSPS) is 21.5. The van der Waals surface area contributed by atoms with Gasteiger partial charge in [-0.25, -0.2) is 0 Å². The zero-order valence-electron chi connectivity index (χ0n) is 10.6. The second kappa shape index (κ2) is 8.08. The van der Waals surface area contributed by atoms with Crippen molar-refractivity contribution in [1.82, 2.24) is 5.32 Å². The van der Waals surface area contributed by atoms with Gasteiger partial charge in [0, 0.05) is 13.0 Å². The summed E-state index contributed by atoms with van der Waals surface area (Å²) in [5.74, 6) is -0.0285. The predicted octanol–water partition coefficient (Wildman–Crippen LogP) is 2.14. The fourth-order valence-corrected chi connectivity index (χ4v) is 2.05. The Balaban J connectivity index is 2.17. The SMILES string of the molecule is CCCC(C#N)NC(=O)CCC1CCCCO1. The van der Waals surface area contributed by atoms with E-state index >= 15 is 0 Å². The van der Waals surface area contributed by atoms with Gasteiger partial charge in [-0.15, -0.1) is 0 Å². The average molecular weight is 238 g/mol. The zero-order valence-corrected chi connectivity index (χ0v) is 10.6. The third-order valence-electron chi connectivity index (χ3n) is 3.04. The molecule has 0 aromatic heterocycles. The number of rotatable bonds is 6. The molecular weight excluding hydrogens is 216 g/mol. The number of hydrogen-bond acceptors (Lipinski definition) is 3. The van der Waals surface area contributed by atoms with Crippen LogP contribution in [0.5, 0.6) is 0 Å². The third-order valence-corrected chi connectivity index (χ3v) is 3.04. The molecule has 0 spiro atoms. The molecule has 1 saturated heterocycles. The summed E-state index contributed by atoms with van der Waals surface area (Å²) in [4.78, 5) is 11.6. The Morgan fingerprint density at radius 3 is 3.00 bits per heavy atom.